The van der Waals surface area contributed by atoms with Crippen LogP contribution in [0.2, 0.25) is 0 Å². The second-order valence-electron chi connectivity index (χ2n) is 8.55. The van der Waals surface area contributed by atoms with Crippen LogP contribution in [0.3, 0.4) is 0 Å². The van der Waals surface area contributed by atoms with Gasteiger partial charge in [0.05, 0.1) is 18.8 Å². The van der Waals surface area contributed by atoms with E-state index >= 15 is 0 Å². The number of aliphatic carboxylic acids is 1. The fourth-order valence-corrected chi connectivity index (χ4v) is 4.39. The van der Waals surface area contributed by atoms with E-state index in [2.05, 4.69) is 9.68 Å². The Hall–Kier alpha value is -4.12. The summed E-state index contributed by atoms with van der Waals surface area (Å²) in [6.07, 6.45) is -1.11. The number of ether oxygens (including phenoxy) is 1. The number of carboxylic acid groups (broad SMARTS) is 1. The van der Waals surface area contributed by atoms with Crippen molar-refractivity contribution in [1.29, 1.82) is 0 Å². The third-order valence-electron chi connectivity index (χ3n) is 5.39. The van der Waals surface area contributed by atoms with Crippen LogP contribution in [-0.2, 0) is 24.4 Å². The lowest BCUT2D eigenvalue weighted by molar-refractivity contribution is -0.769. The van der Waals surface area contributed by atoms with Crippen LogP contribution in [0.15, 0.2) is 36.4 Å². The van der Waals surface area contributed by atoms with Crippen LogP contribution in [-0.4, -0.2) is 74.5 Å². The maximum atomic E-state index is 11.6. The van der Waals surface area contributed by atoms with E-state index in [1.54, 1.807) is 43.5 Å². The van der Waals surface area contributed by atoms with Gasteiger partial charge in [-0.15, -0.1) is 20.2 Å². The van der Waals surface area contributed by atoms with Gasteiger partial charge in [-0.05, 0) is 41.5 Å². The highest BCUT2D eigenvalue weighted by atomic mass is 31.2. The van der Waals surface area contributed by atoms with Crippen LogP contribution in [0.4, 0.5) is 0 Å². The van der Waals surface area contributed by atoms with E-state index in [1.807, 2.05) is 0 Å². The smallest absolute Gasteiger partial charge is 0.327 e. The van der Waals surface area contributed by atoms with Crippen molar-refractivity contribution in [2.45, 2.75) is 24.3 Å². The lowest BCUT2D eigenvalue weighted by Gasteiger charge is -2.26. The standard InChI is InChI=1S/C15H17O6P.C5H10N4O8/c1-15(14(16)17,9-22(18,19)20)12-5-3-11-8-13(21-2)6-4-10(11)7-12;6-5(1-2-7(10)11,3-16-8(12)13)4-17-9(14)15/h3-8H,9H2,1-2H3,(H,16,17)(H2,18,19,20);1-4,6H2/t15-;/m0./s1. The first-order chi connectivity index (χ1) is 17.9. The largest absolute Gasteiger partial charge is 0.497 e. The average molecular weight is 578 g/mol. The molecule has 19 heteroatoms. The van der Waals surface area contributed by atoms with Gasteiger partial charge in [0.2, 0.25) is 6.54 Å². The summed E-state index contributed by atoms with van der Waals surface area (Å²) in [6.45, 7) is -0.763. The van der Waals surface area contributed by atoms with Crippen LogP contribution in [0, 0.1) is 30.3 Å². The molecular weight excluding hydrogens is 551 g/mol. The molecule has 216 valence electrons. The van der Waals surface area contributed by atoms with Crippen LogP contribution in [0.25, 0.3) is 10.8 Å². The molecule has 0 spiro atoms. The normalized spacial score (nSPS) is 12.8. The number of nitrogens with zero attached hydrogens (tertiary/aromatic N) is 3. The fourth-order valence-electron chi connectivity index (χ4n) is 3.25. The molecule has 18 nitrogen and oxygen atoms in total. The maximum Gasteiger partial charge on any atom is 0.327 e. The average Bonchev–Trinajstić information content (AvgIpc) is 2.83. The van der Waals surface area contributed by atoms with Gasteiger partial charge in [-0.3, -0.25) is 19.5 Å². The van der Waals surface area contributed by atoms with Gasteiger partial charge in [0.25, 0.3) is 10.2 Å². The summed E-state index contributed by atoms with van der Waals surface area (Å²) in [4.78, 5) is 67.1. The van der Waals surface area contributed by atoms with E-state index in [9.17, 15) is 54.6 Å². The zero-order valence-corrected chi connectivity index (χ0v) is 21.6. The molecule has 0 fully saturated rings. The summed E-state index contributed by atoms with van der Waals surface area (Å²) in [5.74, 6) is -0.597. The molecule has 0 radical (unpaired) electrons. The number of nitro groups is 1. The van der Waals surface area contributed by atoms with Crippen molar-refractivity contribution in [1.82, 2.24) is 0 Å². The summed E-state index contributed by atoms with van der Waals surface area (Å²) in [5.41, 5.74) is 2.49. The van der Waals surface area contributed by atoms with Gasteiger partial charge >= 0.3 is 13.6 Å². The molecule has 0 aliphatic rings. The zero-order valence-electron chi connectivity index (χ0n) is 20.7. The first-order valence-electron chi connectivity index (χ1n) is 10.7. The second kappa shape index (κ2) is 13.6. The summed E-state index contributed by atoms with van der Waals surface area (Å²) in [6, 6.07) is 10.3. The van der Waals surface area contributed by atoms with Crippen molar-refractivity contribution in [3.05, 3.63) is 72.3 Å². The number of benzene rings is 2. The number of hydrogen-bond donors (Lipinski definition) is 4. The number of hydrogen-bond acceptors (Lipinski definition) is 12. The van der Waals surface area contributed by atoms with Crippen LogP contribution < -0.4 is 10.5 Å². The number of fused-ring (bicyclic) bond motifs is 1. The summed E-state index contributed by atoms with van der Waals surface area (Å²) in [7, 11) is -2.93. The minimum absolute atomic E-state index is 0.348. The van der Waals surface area contributed by atoms with E-state index in [0.717, 1.165) is 10.8 Å². The summed E-state index contributed by atoms with van der Waals surface area (Å²) in [5, 5.41) is 38.8. The minimum Gasteiger partial charge on any atom is -0.497 e. The van der Waals surface area contributed by atoms with Gasteiger partial charge in [0.1, 0.15) is 24.4 Å². The molecule has 2 aromatic carbocycles. The molecule has 0 amide bonds. The van der Waals surface area contributed by atoms with Crippen molar-refractivity contribution in [2.24, 2.45) is 5.73 Å². The van der Waals surface area contributed by atoms with Gasteiger partial charge in [0.15, 0.2) is 0 Å². The predicted molar refractivity (Wildman–Crippen MR) is 132 cm³/mol. The minimum atomic E-state index is -4.48. The second-order valence-corrected chi connectivity index (χ2v) is 10.2. The molecule has 0 unspecified atom stereocenters. The quantitative estimate of drug-likeness (QED) is 0.139. The highest BCUT2D eigenvalue weighted by molar-refractivity contribution is 7.51. The van der Waals surface area contributed by atoms with E-state index < -0.39 is 65.5 Å². The Balaban J connectivity index is 0.000000406. The Bertz CT molecular complexity index is 1210. The van der Waals surface area contributed by atoms with E-state index in [0.29, 0.717) is 11.3 Å². The molecule has 2 aromatic rings. The van der Waals surface area contributed by atoms with Crippen LogP contribution in [0.5, 0.6) is 5.75 Å². The third-order valence-corrected chi connectivity index (χ3v) is 6.43. The van der Waals surface area contributed by atoms with E-state index in [-0.39, 0.29) is 6.42 Å². The number of nitrogens with two attached hydrogens (primary N) is 1. The zero-order chi connectivity index (χ0) is 30.0. The summed E-state index contributed by atoms with van der Waals surface area (Å²) < 4.78 is 16.4. The molecule has 39 heavy (non-hydrogen) atoms. The first-order valence-corrected chi connectivity index (χ1v) is 12.5. The molecule has 0 heterocycles. The van der Waals surface area contributed by atoms with Crippen molar-refractivity contribution < 1.29 is 53.8 Å². The van der Waals surface area contributed by atoms with E-state index in [1.165, 1.54) is 6.92 Å². The maximum absolute atomic E-state index is 11.6. The monoisotopic (exact) mass is 578 g/mol. The van der Waals surface area contributed by atoms with Gasteiger partial charge in [-0.1, -0.05) is 18.2 Å². The number of rotatable bonds is 14. The predicted octanol–water partition coefficient (Wildman–Crippen LogP) is 1.14. The molecule has 0 aromatic heterocycles. The number of carboxylic acids is 1. The highest BCUT2D eigenvalue weighted by Gasteiger charge is 2.41. The molecule has 2 rings (SSSR count). The lowest BCUT2D eigenvalue weighted by atomic mass is 9.83. The van der Waals surface area contributed by atoms with E-state index in [4.69, 9.17) is 10.5 Å². The Kier molecular flexibility index (Phi) is 11.5. The Morgan fingerprint density at radius 1 is 1.00 bits per heavy atom. The topological polar surface area (TPSA) is 278 Å². The molecule has 0 aliphatic carbocycles. The van der Waals surface area contributed by atoms with Gasteiger partial charge in [0, 0.05) is 11.3 Å². The van der Waals surface area contributed by atoms with Crippen molar-refractivity contribution in [2.75, 3.05) is 33.0 Å². The Morgan fingerprint density at radius 3 is 1.95 bits per heavy atom. The SMILES string of the molecule is COc1ccc2cc([C@](C)(CP(=O)(O)O)C(=O)O)ccc2c1.NC(CC[N+](=O)[O-])(CO[N+](=O)[O-])CO[N+](=O)[O-]. The van der Waals surface area contributed by atoms with Crippen molar-refractivity contribution in [3.63, 3.8) is 0 Å². The van der Waals surface area contributed by atoms with Crippen LogP contribution >= 0.6 is 7.60 Å². The highest BCUT2D eigenvalue weighted by Crippen LogP contribution is 2.44. The van der Waals surface area contributed by atoms with Gasteiger partial charge < -0.3 is 35.0 Å². The molecule has 1 atom stereocenters. The van der Waals surface area contributed by atoms with Gasteiger partial charge in [-0.2, -0.15) is 0 Å². The molecular formula is C20H27N4O14P. The molecule has 0 bridgehead atoms. The molecule has 0 aliphatic heterocycles. The fraction of sp³-hybridized carbons (Fsp3) is 0.450. The Morgan fingerprint density at radius 2 is 1.51 bits per heavy atom. The van der Waals surface area contributed by atoms with Gasteiger partial charge in [-0.25, -0.2) is 0 Å². The molecule has 5 N–H and O–H groups in total. The lowest BCUT2D eigenvalue weighted by Crippen LogP contribution is -2.51. The number of carbonyl (C=O) groups is 1. The molecule has 0 saturated carbocycles. The summed E-state index contributed by atoms with van der Waals surface area (Å²) >= 11 is 0. The van der Waals surface area contributed by atoms with Crippen LogP contribution in [0.1, 0.15) is 18.9 Å². The van der Waals surface area contributed by atoms with Crippen molar-refractivity contribution >= 4 is 24.3 Å². The third kappa shape index (κ3) is 11.0. The molecule has 0 saturated heterocycles. The van der Waals surface area contributed by atoms with Crippen molar-refractivity contribution in [3.8, 4) is 5.75 Å². The first kappa shape index (κ1) is 32.9. The number of methoxy groups -OCH3 is 1. The Labute approximate surface area is 219 Å².